The molecule has 1 atom stereocenters. The van der Waals surface area contributed by atoms with Crippen LogP contribution in [0.4, 0.5) is 17.2 Å². The molecule has 0 bridgehead atoms. The molecule has 0 radical (unpaired) electrons. The zero-order valence-corrected chi connectivity index (χ0v) is 29.1. The average molecular weight is 632 g/mol. The van der Waals surface area contributed by atoms with Crippen molar-refractivity contribution in [2.24, 2.45) is 0 Å². The summed E-state index contributed by atoms with van der Waals surface area (Å²) >= 11 is 0. The van der Waals surface area contributed by atoms with Crippen molar-refractivity contribution in [3.8, 4) is 28.3 Å². The van der Waals surface area contributed by atoms with Crippen LogP contribution in [0, 0.1) is 0 Å². The van der Waals surface area contributed by atoms with Gasteiger partial charge < -0.3 is 5.11 Å². The molecule has 2 aromatic heterocycles. The van der Waals surface area contributed by atoms with Crippen LogP contribution in [0.25, 0.3) is 22.5 Å². The lowest BCUT2D eigenvalue weighted by atomic mass is 9.78. The summed E-state index contributed by atoms with van der Waals surface area (Å²) in [4.78, 5) is 12.2. The van der Waals surface area contributed by atoms with Gasteiger partial charge in [0, 0.05) is 40.2 Å². The van der Waals surface area contributed by atoms with Gasteiger partial charge in [0.2, 0.25) is 0 Å². The highest BCUT2D eigenvalue weighted by molar-refractivity contribution is 5.79. The maximum Gasteiger partial charge on any atom is 0.137 e. The molecule has 4 heteroatoms. The smallest absolute Gasteiger partial charge is 0.137 e. The summed E-state index contributed by atoms with van der Waals surface area (Å²) in [6.07, 6.45) is 1.82. The first-order chi connectivity index (χ1) is 22.9. The number of para-hydroxylation sites is 1. The molecule has 0 saturated heterocycles. The predicted octanol–water partition coefficient (Wildman–Crippen LogP) is 11.7. The average Bonchev–Trinajstić information content (AvgIpc) is 3.08. The third kappa shape index (κ3) is 6.89. The second-order valence-corrected chi connectivity index (χ2v) is 14.6. The van der Waals surface area contributed by atoms with E-state index in [0.29, 0.717) is 0 Å². The second kappa shape index (κ2) is 13.1. The van der Waals surface area contributed by atoms with Gasteiger partial charge in [-0.25, -0.2) is 9.97 Å². The van der Waals surface area contributed by atoms with Gasteiger partial charge in [0.25, 0.3) is 0 Å². The van der Waals surface area contributed by atoms with Crippen LogP contribution < -0.4 is 4.90 Å². The fourth-order valence-electron chi connectivity index (χ4n) is 6.14. The number of pyridine rings is 2. The predicted molar refractivity (Wildman–Crippen MR) is 201 cm³/mol. The minimum absolute atomic E-state index is 0.110. The van der Waals surface area contributed by atoms with E-state index in [-0.39, 0.29) is 22.5 Å². The van der Waals surface area contributed by atoms with Gasteiger partial charge in [-0.3, -0.25) is 4.90 Å². The Kier molecular flexibility index (Phi) is 8.94. The Labute approximate surface area is 285 Å². The minimum atomic E-state index is -0.251. The molecule has 0 saturated carbocycles. The van der Waals surface area contributed by atoms with Gasteiger partial charge in [-0.15, -0.1) is 0 Å². The first-order valence-electron chi connectivity index (χ1n) is 16.7. The van der Waals surface area contributed by atoms with Crippen molar-refractivity contribution >= 4 is 17.2 Å². The molecule has 0 fully saturated rings. The molecule has 1 N–H and O–H groups in total. The normalized spacial score (nSPS) is 12.5. The lowest BCUT2D eigenvalue weighted by Gasteiger charge is -2.28. The van der Waals surface area contributed by atoms with Gasteiger partial charge in [-0.1, -0.05) is 121 Å². The Balaban J connectivity index is 1.57. The van der Waals surface area contributed by atoms with E-state index >= 15 is 0 Å². The Bertz CT molecular complexity index is 1970. The van der Waals surface area contributed by atoms with E-state index in [1.807, 2.05) is 42.6 Å². The number of aromatic nitrogens is 2. The van der Waals surface area contributed by atoms with Crippen molar-refractivity contribution in [1.82, 2.24) is 9.97 Å². The Morgan fingerprint density at radius 3 is 1.90 bits per heavy atom. The van der Waals surface area contributed by atoms with E-state index in [2.05, 4.69) is 144 Å². The summed E-state index contributed by atoms with van der Waals surface area (Å²) < 4.78 is 0. The SMILES string of the molecule is CC(c1ccccc1)c1cc(-c2cccc(N(c3ccccc3)c3ccccn3)c2)nc(-c2cc(C(C)(C)C)cc(C(C)(C)C)c2O)c1. The van der Waals surface area contributed by atoms with Gasteiger partial charge in [0.05, 0.1) is 11.4 Å². The van der Waals surface area contributed by atoms with Crippen molar-refractivity contribution in [3.63, 3.8) is 0 Å². The minimum Gasteiger partial charge on any atom is -0.507 e. The van der Waals surface area contributed by atoms with E-state index in [1.54, 1.807) is 0 Å². The summed E-state index contributed by atoms with van der Waals surface area (Å²) in [6.45, 7) is 15.3. The van der Waals surface area contributed by atoms with Crippen LogP contribution in [-0.2, 0) is 10.8 Å². The van der Waals surface area contributed by atoms with Crippen molar-refractivity contribution in [1.29, 1.82) is 0 Å². The maximum atomic E-state index is 11.9. The maximum absolute atomic E-state index is 11.9. The fourth-order valence-corrected chi connectivity index (χ4v) is 6.14. The van der Waals surface area contributed by atoms with Crippen molar-refractivity contribution in [2.45, 2.75) is 65.2 Å². The van der Waals surface area contributed by atoms with Crippen molar-refractivity contribution in [3.05, 3.63) is 156 Å². The largest absolute Gasteiger partial charge is 0.507 e. The molecule has 0 aliphatic heterocycles. The van der Waals surface area contributed by atoms with Crippen molar-refractivity contribution < 1.29 is 5.11 Å². The summed E-state index contributed by atoms with van der Waals surface area (Å²) in [6, 6.07) is 43.9. The lowest BCUT2D eigenvalue weighted by Crippen LogP contribution is -2.17. The van der Waals surface area contributed by atoms with Crippen LogP contribution in [-0.4, -0.2) is 15.1 Å². The van der Waals surface area contributed by atoms with Crippen molar-refractivity contribution in [2.75, 3.05) is 4.90 Å². The molecule has 242 valence electrons. The zero-order chi connectivity index (χ0) is 34.1. The molecular formula is C44H45N3O. The molecule has 48 heavy (non-hydrogen) atoms. The van der Waals surface area contributed by atoms with Crippen LogP contribution in [0.15, 0.2) is 134 Å². The van der Waals surface area contributed by atoms with Gasteiger partial charge in [0.15, 0.2) is 0 Å². The molecule has 0 spiro atoms. The van der Waals surface area contributed by atoms with Gasteiger partial charge >= 0.3 is 0 Å². The Morgan fingerprint density at radius 2 is 1.25 bits per heavy atom. The molecule has 1 unspecified atom stereocenters. The highest BCUT2D eigenvalue weighted by Gasteiger charge is 2.27. The molecular weight excluding hydrogens is 587 g/mol. The number of rotatable bonds is 7. The number of hydrogen-bond acceptors (Lipinski definition) is 4. The number of phenols is 1. The first kappa shape index (κ1) is 32.7. The summed E-state index contributed by atoms with van der Waals surface area (Å²) in [5, 5.41) is 11.9. The third-order valence-corrected chi connectivity index (χ3v) is 9.00. The standard InChI is InChI=1S/C44H45N3O/c1-30(31-17-10-8-11-18-31)33-26-39(46-40(27-33)37-28-34(43(2,3)4)29-38(42(37)48)44(5,6)7)32-19-16-22-36(25-32)47(35-20-12-9-13-21-35)41-23-14-15-24-45-41/h8-30,48H,1-7H3. The van der Waals surface area contributed by atoms with E-state index in [4.69, 9.17) is 9.97 Å². The third-order valence-electron chi connectivity index (χ3n) is 9.00. The molecule has 6 rings (SSSR count). The lowest BCUT2D eigenvalue weighted by molar-refractivity contribution is 0.446. The summed E-state index contributed by atoms with van der Waals surface area (Å²) in [7, 11) is 0. The number of nitrogens with zero attached hydrogens (tertiary/aromatic N) is 3. The summed E-state index contributed by atoms with van der Waals surface area (Å²) in [5.41, 5.74) is 9.43. The molecule has 4 aromatic carbocycles. The number of phenolic OH excluding ortho intramolecular Hbond substituents is 1. The van der Waals surface area contributed by atoms with Gasteiger partial charge in [-0.05, 0) is 82.1 Å². The number of anilines is 3. The van der Waals surface area contributed by atoms with Crippen LogP contribution in [0.1, 0.15) is 76.6 Å². The van der Waals surface area contributed by atoms with Crippen LogP contribution in [0.5, 0.6) is 5.75 Å². The van der Waals surface area contributed by atoms with E-state index < -0.39 is 0 Å². The Hall–Kier alpha value is -5.22. The van der Waals surface area contributed by atoms with Crippen LogP contribution in [0.2, 0.25) is 0 Å². The zero-order valence-electron chi connectivity index (χ0n) is 29.1. The highest BCUT2D eigenvalue weighted by Crippen LogP contribution is 2.43. The van der Waals surface area contributed by atoms with E-state index in [9.17, 15) is 5.11 Å². The molecule has 0 aliphatic rings. The van der Waals surface area contributed by atoms with E-state index in [0.717, 1.165) is 50.8 Å². The molecule has 4 nitrogen and oxygen atoms in total. The van der Waals surface area contributed by atoms with Crippen LogP contribution in [0.3, 0.4) is 0 Å². The summed E-state index contributed by atoms with van der Waals surface area (Å²) in [5.74, 6) is 1.23. The van der Waals surface area contributed by atoms with Gasteiger partial charge in [0.1, 0.15) is 11.6 Å². The second-order valence-electron chi connectivity index (χ2n) is 14.6. The Morgan fingerprint density at radius 1 is 0.604 bits per heavy atom. The fraction of sp³-hybridized carbons (Fsp3) is 0.227. The van der Waals surface area contributed by atoms with E-state index in [1.165, 1.54) is 11.1 Å². The molecule has 0 aliphatic carbocycles. The number of benzene rings is 4. The molecule has 0 amide bonds. The quantitative estimate of drug-likeness (QED) is 0.190. The van der Waals surface area contributed by atoms with Gasteiger partial charge in [-0.2, -0.15) is 0 Å². The molecule has 2 heterocycles. The number of hydrogen-bond donors (Lipinski definition) is 1. The topological polar surface area (TPSA) is 49.2 Å². The monoisotopic (exact) mass is 631 g/mol. The number of aromatic hydroxyl groups is 1. The molecule has 6 aromatic rings. The highest BCUT2D eigenvalue weighted by atomic mass is 16.3. The van der Waals surface area contributed by atoms with Crippen LogP contribution >= 0.6 is 0 Å². The first-order valence-corrected chi connectivity index (χ1v) is 16.7.